The maximum absolute atomic E-state index is 5.44. The molecule has 0 bridgehead atoms. The first-order chi connectivity index (χ1) is 8.51. The Bertz CT molecular complexity index is 370. The molecular weight excluding hydrogens is 234 g/mol. The van der Waals surface area contributed by atoms with E-state index in [2.05, 4.69) is 34.2 Å². The fraction of sp³-hybridized carbons (Fsp3) is 0.727. The van der Waals surface area contributed by atoms with Gasteiger partial charge in [-0.3, -0.25) is 5.43 Å². The third-order valence-electron chi connectivity index (χ3n) is 1.99. The van der Waals surface area contributed by atoms with Crippen LogP contribution in [-0.2, 0) is 0 Å². The Morgan fingerprint density at radius 1 is 1.11 bits per heavy atom. The molecule has 0 aliphatic heterocycles. The minimum absolute atomic E-state index is 0.0264. The molecule has 0 unspecified atom stereocenters. The molecule has 0 saturated carbocycles. The lowest BCUT2D eigenvalue weighted by molar-refractivity contribution is 0.211. The van der Waals surface area contributed by atoms with Crippen molar-refractivity contribution in [2.75, 3.05) is 12.0 Å². The molecule has 18 heavy (non-hydrogen) atoms. The van der Waals surface area contributed by atoms with E-state index in [9.17, 15) is 0 Å². The zero-order valence-corrected chi connectivity index (χ0v) is 11.3. The van der Waals surface area contributed by atoms with Gasteiger partial charge >= 0.3 is 12.0 Å². The lowest BCUT2D eigenvalue weighted by Crippen LogP contribution is -2.15. The number of rotatable bonds is 7. The molecule has 0 amide bonds. The predicted molar refractivity (Wildman–Crippen MR) is 68.4 cm³/mol. The van der Waals surface area contributed by atoms with Crippen LogP contribution in [0.2, 0.25) is 0 Å². The summed E-state index contributed by atoms with van der Waals surface area (Å²) < 4.78 is 10.8. The molecule has 0 fully saturated rings. The summed E-state index contributed by atoms with van der Waals surface area (Å²) >= 11 is 0. The van der Waals surface area contributed by atoms with E-state index in [0.717, 1.165) is 6.42 Å². The first kappa shape index (κ1) is 14.4. The fourth-order valence-corrected chi connectivity index (χ4v) is 1.12. The largest absolute Gasteiger partial charge is 0.463 e. The number of ether oxygens (including phenoxy) is 2. The summed E-state index contributed by atoms with van der Waals surface area (Å²) in [5.41, 5.74) is 2.36. The van der Waals surface area contributed by atoms with Gasteiger partial charge in [-0.05, 0) is 26.2 Å². The lowest BCUT2D eigenvalue weighted by atomic mass is 10.1. The van der Waals surface area contributed by atoms with E-state index in [1.807, 2.05) is 13.8 Å². The Morgan fingerprint density at radius 2 is 1.78 bits per heavy atom. The van der Waals surface area contributed by atoms with Crippen molar-refractivity contribution in [3.8, 4) is 12.0 Å². The molecule has 3 N–H and O–H groups in total. The second-order valence-corrected chi connectivity index (χ2v) is 4.57. The summed E-state index contributed by atoms with van der Waals surface area (Å²) in [5.74, 6) is 6.06. The van der Waals surface area contributed by atoms with Crippen LogP contribution in [0.4, 0.5) is 5.95 Å². The number of aromatic nitrogens is 3. The molecule has 1 aromatic rings. The number of nitrogens with two attached hydrogens (primary N) is 1. The highest BCUT2D eigenvalue weighted by atomic mass is 16.5. The minimum atomic E-state index is -0.0264. The van der Waals surface area contributed by atoms with Gasteiger partial charge in [0.05, 0.1) is 12.7 Å². The topological polar surface area (TPSA) is 95.2 Å². The number of hydrogen-bond acceptors (Lipinski definition) is 7. The third-order valence-corrected chi connectivity index (χ3v) is 1.99. The van der Waals surface area contributed by atoms with Crippen LogP contribution < -0.4 is 20.7 Å². The van der Waals surface area contributed by atoms with Crippen molar-refractivity contribution in [1.82, 2.24) is 15.0 Å². The SMILES string of the molecule is CC(C)CCOc1nc(NN)nc(OC(C)C)n1. The first-order valence-corrected chi connectivity index (χ1v) is 6.03. The van der Waals surface area contributed by atoms with Crippen molar-refractivity contribution in [3.63, 3.8) is 0 Å². The smallest absolute Gasteiger partial charge is 0.324 e. The van der Waals surface area contributed by atoms with Gasteiger partial charge in [0, 0.05) is 0 Å². The highest BCUT2D eigenvalue weighted by Crippen LogP contribution is 2.14. The second kappa shape index (κ2) is 6.95. The van der Waals surface area contributed by atoms with E-state index < -0.39 is 0 Å². The Balaban J connectivity index is 2.70. The van der Waals surface area contributed by atoms with Gasteiger partial charge in [0.15, 0.2) is 0 Å². The van der Waals surface area contributed by atoms with Crippen LogP contribution >= 0.6 is 0 Å². The van der Waals surface area contributed by atoms with E-state index in [4.69, 9.17) is 15.3 Å². The summed E-state index contributed by atoms with van der Waals surface area (Å²) in [4.78, 5) is 12.0. The van der Waals surface area contributed by atoms with Gasteiger partial charge in [-0.15, -0.1) is 4.98 Å². The van der Waals surface area contributed by atoms with Gasteiger partial charge in [-0.2, -0.15) is 9.97 Å². The van der Waals surface area contributed by atoms with E-state index in [0.29, 0.717) is 12.5 Å². The number of hydrogen-bond donors (Lipinski definition) is 2. The zero-order chi connectivity index (χ0) is 13.5. The van der Waals surface area contributed by atoms with Crippen molar-refractivity contribution < 1.29 is 9.47 Å². The Labute approximate surface area is 107 Å². The van der Waals surface area contributed by atoms with Gasteiger partial charge in [-0.1, -0.05) is 13.8 Å². The summed E-state index contributed by atoms with van der Waals surface area (Å²) in [6.45, 7) is 8.57. The van der Waals surface area contributed by atoms with Gasteiger partial charge in [0.1, 0.15) is 0 Å². The number of hydrazine groups is 1. The van der Waals surface area contributed by atoms with E-state index in [-0.39, 0.29) is 24.1 Å². The Kier molecular flexibility index (Phi) is 5.57. The molecule has 7 heteroatoms. The third kappa shape index (κ3) is 5.13. The van der Waals surface area contributed by atoms with Crippen molar-refractivity contribution in [3.05, 3.63) is 0 Å². The Hall–Kier alpha value is -1.63. The molecule has 1 aromatic heterocycles. The van der Waals surface area contributed by atoms with Crippen molar-refractivity contribution >= 4 is 5.95 Å². The molecule has 0 aliphatic rings. The molecule has 0 radical (unpaired) electrons. The standard InChI is InChI=1S/C11H21N5O2/c1-7(2)5-6-17-10-13-9(16-12)14-11(15-10)18-8(3)4/h7-8H,5-6,12H2,1-4H3,(H,13,14,15,16). The molecule has 0 saturated heterocycles. The van der Waals surface area contributed by atoms with Gasteiger partial charge in [0.25, 0.3) is 0 Å². The highest BCUT2D eigenvalue weighted by Gasteiger charge is 2.09. The molecule has 1 rings (SSSR count). The number of anilines is 1. The van der Waals surface area contributed by atoms with Crippen molar-refractivity contribution in [2.45, 2.75) is 40.2 Å². The molecule has 102 valence electrons. The van der Waals surface area contributed by atoms with Crippen molar-refractivity contribution in [2.24, 2.45) is 11.8 Å². The summed E-state index contributed by atoms with van der Waals surface area (Å²) in [7, 11) is 0. The minimum Gasteiger partial charge on any atom is -0.463 e. The molecule has 0 aliphatic carbocycles. The molecule has 0 atom stereocenters. The van der Waals surface area contributed by atoms with E-state index in [1.165, 1.54) is 0 Å². The van der Waals surface area contributed by atoms with Gasteiger partial charge in [0.2, 0.25) is 5.95 Å². The summed E-state index contributed by atoms with van der Waals surface area (Å²) in [6, 6.07) is 0.418. The lowest BCUT2D eigenvalue weighted by Gasteiger charge is -2.11. The normalized spacial score (nSPS) is 10.8. The molecule has 0 aromatic carbocycles. The number of nitrogens with zero attached hydrogens (tertiary/aromatic N) is 3. The average Bonchev–Trinajstić information content (AvgIpc) is 2.27. The van der Waals surface area contributed by atoms with Crippen LogP contribution in [0, 0.1) is 5.92 Å². The summed E-state index contributed by atoms with van der Waals surface area (Å²) in [6.07, 6.45) is 0.902. The van der Waals surface area contributed by atoms with E-state index >= 15 is 0 Å². The van der Waals surface area contributed by atoms with Gasteiger partial charge in [-0.25, -0.2) is 5.84 Å². The quantitative estimate of drug-likeness (QED) is 0.561. The van der Waals surface area contributed by atoms with Gasteiger partial charge < -0.3 is 9.47 Å². The number of nitrogen functional groups attached to an aromatic ring is 1. The average molecular weight is 255 g/mol. The number of nitrogens with one attached hydrogen (secondary N) is 1. The monoisotopic (exact) mass is 255 g/mol. The second-order valence-electron chi connectivity index (χ2n) is 4.57. The maximum Gasteiger partial charge on any atom is 0.324 e. The molecule has 1 heterocycles. The van der Waals surface area contributed by atoms with Crippen LogP contribution in [-0.4, -0.2) is 27.7 Å². The first-order valence-electron chi connectivity index (χ1n) is 6.03. The molecule has 0 spiro atoms. The van der Waals surface area contributed by atoms with Crippen LogP contribution in [0.5, 0.6) is 12.0 Å². The van der Waals surface area contributed by atoms with E-state index in [1.54, 1.807) is 0 Å². The Morgan fingerprint density at radius 3 is 2.33 bits per heavy atom. The fourth-order valence-electron chi connectivity index (χ4n) is 1.12. The predicted octanol–water partition coefficient (Wildman–Crippen LogP) is 1.37. The maximum atomic E-state index is 5.44. The van der Waals surface area contributed by atoms with Crippen LogP contribution in [0.1, 0.15) is 34.1 Å². The van der Waals surface area contributed by atoms with Crippen LogP contribution in [0.25, 0.3) is 0 Å². The van der Waals surface area contributed by atoms with Crippen LogP contribution in [0.3, 0.4) is 0 Å². The summed E-state index contributed by atoms with van der Waals surface area (Å²) in [5, 5.41) is 0. The van der Waals surface area contributed by atoms with Crippen LogP contribution in [0.15, 0.2) is 0 Å². The zero-order valence-electron chi connectivity index (χ0n) is 11.3. The highest BCUT2D eigenvalue weighted by molar-refractivity contribution is 5.25. The molecular formula is C11H21N5O2. The molecule has 7 nitrogen and oxygen atoms in total. The van der Waals surface area contributed by atoms with Crippen molar-refractivity contribution in [1.29, 1.82) is 0 Å².